The summed E-state index contributed by atoms with van der Waals surface area (Å²) in [6, 6.07) is 0. The monoisotopic (exact) mass is 216 g/mol. The first-order chi connectivity index (χ1) is 6.52. The number of rotatable bonds is 2. The Hall–Kier alpha value is -0.710. The summed E-state index contributed by atoms with van der Waals surface area (Å²) in [5.74, 6) is -0.506. The maximum atomic E-state index is 11.6. The highest BCUT2D eigenvalue weighted by atomic mass is 32.1. The van der Waals surface area contributed by atoms with Gasteiger partial charge in [-0.25, -0.2) is 0 Å². The van der Waals surface area contributed by atoms with Crippen molar-refractivity contribution in [1.29, 1.82) is 0 Å². The van der Waals surface area contributed by atoms with Gasteiger partial charge in [0.2, 0.25) is 11.8 Å². The van der Waals surface area contributed by atoms with Gasteiger partial charge in [-0.05, 0) is 19.8 Å². The quantitative estimate of drug-likeness (QED) is 0.640. The average Bonchev–Trinajstić information content (AvgIpc) is 2.16. The minimum atomic E-state index is -0.311. The molecule has 2 unspecified atom stereocenters. The second-order valence-electron chi connectivity index (χ2n) is 3.70. The Bertz CT molecular complexity index is 243. The van der Waals surface area contributed by atoms with Gasteiger partial charge in [0.1, 0.15) is 0 Å². The smallest absolute Gasteiger partial charge is 0.235 e. The molecular formula is C9H16N2O2S. The van der Waals surface area contributed by atoms with Crippen molar-refractivity contribution in [3.8, 4) is 0 Å². The van der Waals surface area contributed by atoms with Crippen molar-refractivity contribution in [3.63, 3.8) is 0 Å². The van der Waals surface area contributed by atoms with Crippen molar-refractivity contribution < 1.29 is 9.59 Å². The van der Waals surface area contributed by atoms with Gasteiger partial charge < -0.3 is 10.6 Å². The van der Waals surface area contributed by atoms with Gasteiger partial charge in [0.15, 0.2) is 0 Å². The molecule has 2 N–H and O–H groups in total. The van der Waals surface area contributed by atoms with Gasteiger partial charge in [-0.1, -0.05) is 0 Å². The molecule has 1 heterocycles. The van der Waals surface area contributed by atoms with Crippen LogP contribution in [-0.4, -0.2) is 35.1 Å². The van der Waals surface area contributed by atoms with E-state index in [2.05, 4.69) is 12.6 Å². The summed E-state index contributed by atoms with van der Waals surface area (Å²) in [6.07, 6.45) is 1.64. The number of amides is 2. The summed E-state index contributed by atoms with van der Waals surface area (Å²) >= 11 is 4.08. The fourth-order valence-electron chi connectivity index (χ4n) is 1.67. The number of nitrogens with two attached hydrogens (primary N) is 1. The second kappa shape index (κ2) is 4.68. The molecule has 1 rings (SSSR count). The van der Waals surface area contributed by atoms with Gasteiger partial charge in [0.25, 0.3) is 0 Å². The molecule has 0 aromatic carbocycles. The fourth-order valence-corrected chi connectivity index (χ4v) is 1.84. The highest BCUT2D eigenvalue weighted by molar-refractivity contribution is 7.81. The molecule has 1 saturated heterocycles. The molecule has 1 fully saturated rings. The molecule has 1 aliphatic heterocycles. The summed E-state index contributed by atoms with van der Waals surface area (Å²) in [5.41, 5.74) is 5.21. The highest BCUT2D eigenvalue weighted by Crippen LogP contribution is 2.17. The van der Waals surface area contributed by atoms with Crippen LogP contribution in [0.5, 0.6) is 0 Å². The zero-order chi connectivity index (χ0) is 10.7. The highest BCUT2D eigenvalue weighted by Gasteiger charge is 2.27. The minimum Gasteiger partial charge on any atom is -0.369 e. The van der Waals surface area contributed by atoms with E-state index in [1.54, 1.807) is 11.8 Å². The Morgan fingerprint density at radius 1 is 1.57 bits per heavy atom. The Balaban J connectivity index is 2.56. The minimum absolute atomic E-state index is 0.0146. The topological polar surface area (TPSA) is 63.4 Å². The third-order valence-corrected chi connectivity index (χ3v) is 2.71. The summed E-state index contributed by atoms with van der Waals surface area (Å²) in [5, 5.41) is -0.304. The molecule has 0 spiro atoms. The maximum Gasteiger partial charge on any atom is 0.235 e. The first-order valence-electron chi connectivity index (χ1n) is 4.78. The number of piperidine rings is 1. The van der Waals surface area contributed by atoms with Crippen molar-refractivity contribution in [2.24, 2.45) is 11.7 Å². The lowest BCUT2D eigenvalue weighted by molar-refractivity contribution is -0.134. The molecule has 0 aromatic rings. The van der Waals surface area contributed by atoms with E-state index < -0.39 is 0 Å². The first-order valence-corrected chi connectivity index (χ1v) is 5.30. The second-order valence-corrected chi connectivity index (χ2v) is 4.48. The van der Waals surface area contributed by atoms with Crippen molar-refractivity contribution in [2.45, 2.75) is 25.0 Å². The van der Waals surface area contributed by atoms with Gasteiger partial charge in [-0.3, -0.25) is 9.59 Å². The molecule has 2 atom stereocenters. The lowest BCUT2D eigenvalue weighted by Gasteiger charge is -2.32. The number of nitrogens with zero attached hydrogens (tertiary/aromatic N) is 1. The van der Waals surface area contributed by atoms with Gasteiger partial charge in [-0.2, -0.15) is 12.6 Å². The lowest BCUT2D eigenvalue weighted by Crippen LogP contribution is -2.46. The lowest BCUT2D eigenvalue weighted by atomic mass is 9.97. The SMILES string of the molecule is CC(S)C(=O)N1CCCC(C(N)=O)C1. The number of carbonyl (C=O) groups excluding carboxylic acids is 2. The third kappa shape index (κ3) is 2.64. The molecule has 0 radical (unpaired) electrons. The number of likely N-dealkylation sites (tertiary alicyclic amines) is 1. The average molecular weight is 216 g/mol. The van der Waals surface area contributed by atoms with E-state index in [1.807, 2.05) is 0 Å². The van der Waals surface area contributed by atoms with Crippen molar-refractivity contribution >= 4 is 24.4 Å². The normalized spacial score (nSPS) is 24.4. The van der Waals surface area contributed by atoms with Crippen LogP contribution in [0.25, 0.3) is 0 Å². The molecule has 80 valence electrons. The predicted molar refractivity (Wildman–Crippen MR) is 56.9 cm³/mol. The summed E-state index contributed by atoms with van der Waals surface area (Å²) in [4.78, 5) is 24.2. The molecule has 0 aromatic heterocycles. The Kier molecular flexibility index (Phi) is 3.80. The maximum absolute atomic E-state index is 11.6. The summed E-state index contributed by atoms with van der Waals surface area (Å²) < 4.78 is 0. The van der Waals surface area contributed by atoms with E-state index in [4.69, 9.17) is 5.73 Å². The van der Waals surface area contributed by atoms with E-state index in [9.17, 15) is 9.59 Å². The molecule has 0 saturated carbocycles. The number of hydrogen-bond acceptors (Lipinski definition) is 3. The molecule has 14 heavy (non-hydrogen) atoms. The Morgan fingerprint density at radius 2 is 2.21 bits per heavy atom. The van der Waals surface area contributed by atoms with Crippen LogP contribution in [0.3, 0.4) is 0 Å². The van der Waals surface area contributed by atoms with Gasteiger partial charge in [-0.15, -0.1) is 0 Å². The Labute approximate surface area is 89.2 Å². The van der Waals surface area contributed by atoms with Gasteiger partial charge >= 0.3 is 0 Å². The van der Waals surface area contributed by atoms with Crippen molar-refractivity contribution in [2.75, 3.05) is 13.1 Å². The van der Waals surface area contributed by atoms with Crippen LogP contribution < -0.4 is 5.73 Å². The largest absolute Gasteiger partial charge is 0.369 e. The zero-order valence-corrected chi connectivity index (χ0v) is 9.17. The Morgan fingerprint density at radius 3 is 2.71 bits per heavy atom. The zero-order valence-electron chi connectivity index (χ0n) is 8.27. The van der Waals surface area contributed by atoms with Crippen molar-refractivity contribution in [3.05, 3.63) is 0 Å². The molecular weight excluding hydrogens is 200 g/mol. The van der Waals surface area contributed by atoms with Gasteiger partial charge in [0.05, 0.1) is 11.2 Å². The van der Waals surface area contributed by atoms with Crippen LogP contribution >= 0.6 is 12.6 Å². The summed E-state index contributed by atoms with van der Waals surface area (Å²) in [7, 11) is 0. The van der Waals surface area contributed by atoms with Crippen LogP contribution in [0.2, 0.25) is 0 Å². The van der Waals surface area contributed by atoms with Crippen LogP contribution in [0, 0.1) is 5.92 Å². The molecule has 2 amide bonds. The van der Waals surface area contributed by atoms with Crippen LogP contribution in [0.15, 0.2) is 0 Å². The first kappa shape index (κ1) is 11.4. The fraction of sp³-hybridized carbons (Fsp3) is 0.778. The molecule has 5 heteroatoms. The third-order valence-electron chi connectivity index (χ3n) is 2.49. The number of carbonyl (C=O) groups is 2. The van der Waals surface area contributed by atoms with E-state index >= 15 is 0 Å². The van der Waals surface area contributed by atoms with E-state index in [0.717, 1.165) is 12.8 Å². The van der Waals surface area contributed by atoms with E-state index in [-0.39, 0.29) is 23.0 Å². The molecule has 0 bridgehead atoms. The number of hydrogen-bond donors (Lipinski definition) is 2. The van der Waals surface area contributed by atoms with Crippen molar-refractivity contribution in [1.82, 2.24) is 4.90 Å². The number of thiol groups is 1. The predicted octanol–water partition coefficient (Wildman–Crippen LogP) is 0.0286. The standard InChI is InChI=1S/C9H16N2O2S/c1-6(14)9(13)11-4-2-3-7(5-11)8(10)12/h6-7,14H,2-5H2,1H3,(H2,10,12). The molecule has 1 aliphatic rings. The molecule has 0 aliphatic carbocycles. The number of primary amides is 1. The van der Waals surface area contributed by atoms with E-state index in [0.29, 0.717) is 13.1 Å². The van der Waals surface area contributed by atoms with Crippen LogP contribution in [-0.2, 0) is 9.59 Å². The van der Waals surface area contributed by atoms with Crippen LogP contribution in [0.1, 0.15) is 19.8 Å². The van der Waals surface area contributed by atoms with Crippen LogP contribution in [0.4, 0.5) is 0 Å². The van der Waals surface area contributed by atoms with E-state index in [1.165, 1.54) is 0 Å². The molecule has 4 nitrogen and oxygen atoms in total. The van der Waals surface area contributed by atoms with Gasteiger partial charge in [0, 0.05) is 13.1 Å². The summed E-state index contributed by atoms with van der Waals surface area (Å²) in [6.45, 7) is 2.91.